The van der Waals surface area contributed by atoms with Gasteiger partial charge >= 0.3 is 0 Å². The predicted octanol–water partition coefficient (Wildman–Crippen LogP) is 2.10. The molecule has 0 fully saturated rings. The lowest BCUT2D eigenvalue weighted by molar-refractivity contribution is 0.194. The number of methoxy groups -OCH3 is 1. The van der Waals surface area contributed by atoms with Gasteiger partial charge in [-0.1, -0.05) is 0 Å². The van der Waals surface area contributed by atoms with Crippen molar-refractivity contribution in [1.29, 1.82) is 0 Å². The van der Waals surface area contributed by atoms with E-state index in [1.54, 1.807) is 7.11 Å². The van der Waals surface area contributed by atoms with E-state index in [2.05, 4.69) is 24.0 Å². The molecule has 1 rings (SSSR count). The molecule has 0 saturated carbocycles. The van der Waals surface area contributed by atoms with Gasteiger partial charge in [-0.15, -0.1) is 0 Å². The normalized spacial score (nSPS) is 11.1. The molecule has 0 amide bonds. The first-order chi connectivity index (χ1) is 6.66. The molecule has 0 radical (unpaired) electrons. The highest BCUT2D eigenvalue weighted by Gasteiger charge is 2.08. The zero-order chi connectivity index (χ0) is 10.6. The molecular formula is C9H17N3OS. The van der Waals surface area contributed by atoms with Crippen LogP contribution in [0.25, 0.3) is 0 Å². The number of hydrogen-bond acceptors (Lipinski definition) is 3. The van der Waals surface area contributed by atoms with E-state index in [-0.39, 0.29) is 0 Å². The largest absolute Gasteiger partial charge is 0.385 e. The van der Waals surface area contributed by atoms with Gasteiger partial charge in [0.15, 0.2) is 4.77 Å². The van der Waals surface area contributed by atoms with Crippen molar-refractivity contribution in [3.05, 3.63) is 10.6 Å². The lowest BCUT2D eigenvalue weighted by Gasteiger charge is -2.09. The summed E-state index contributed by atoms with van der Waals surface area (Å²) in [6, 6.07) is 0.360. The molecule has 0 aliphatic rings. The first kappa shape index (κ1) is 11.4. The van der Waals surface area contributed by atoms with E-state index in [9.17, 15) is 0 Å². The van der Waals surface area contributed by atoms with Crippen molar-refractivity contribution in [2.24, 2.45) is 0 Å². The molecule has 0 atom stereocenters. The summed E-state index contributed by atoms with van der Waals surface area (Å²) < 4.78 is 7.75. The minimum absolute atomic E-state index is 0.360. The number of aryl methyl sites for hydroxylation is 1. The lowest BCUT2D eigenvalue weighted by atomic mass is 10.3. The third kappa shape index (κ3) is 2.65. The molecule has 0 aromatic carbocycles. The van der Waals surface area contributed by atoms with E-state index < -0.39 is 0 Å². The van der Waals surface area contributed by atoms with E-state index in [4.69, 9.17) is 17.0 Å². The standard InChI is InChI=1S/C9H17N3OS/c1-7(2)12-8(5-4-6-13-3)10-11-9(12)14/h7H,4-6H2,1-3H3,(H,11,14). The summed E-state index contributed by atoms with van der Waals surface area (Å²) >= 11 is 5.14. The third-order valence-corrected chi connectivity index (χ3v) is 2.33. The van der Waals surface area contributed by atoms with Gasteiger partial charge in [0.05, 0.1) is 0 Å². The Morgan fingerprint density at radius 2 is 2.29 bits per heavy atom. The summed E-state index contributed by atoms with van der Waals surface area (Å²) in [6.45, 7) is 4.97. The first-order valence-electron chi connectivity index (χ1n) is 4.81. The second-order valence-electron chi connectivity index (χ2n) is 3.51. The lowest BCUT2D eigenvalue weighted by Crippen LogP contribution is -2.07. The number of nitrogens with one attached hydrogen (secondary N) is 1. The summed E-state index contributed by atoms with van der Waals surface area (Å²) in [6.07, 6.45) is 1.88. The van der Waals surface area contributed by atoms with E-state index in [1.807, 2.05) is 4.57 Å². The number of ether oxygens (including phenoxy) is 1. The van der Waals surface area contributed by atoms with Crippen molar-refractivity contribution in [3.63, 3.8) is 0 Å². The Kier molecular flexibility index (Phi) is 4.28. The summed E-state index contributed by atoms with van der Waals surface area (Å²) in [5, 5.41) is 7.02. The fourth-order valence-electron chi connectivity index (χ4n) is 1.42. The van der Waals surface area contributed by atoms with Crippen LogP contribution in [0.15, 0.2) is 0 Å². The van der Waals surface area contributed by atoms with Gasteiger partial charge in [0.25, 0.3) is 0 Å². The van der Waals surface area contributed by atoms with Crippen LogP contribution >= 0.6 is 12.2 Å². The van der Waals surface area contributed by atoms with Crippen LogP contribution in [-0.4, -0.2) is 28.5 Å². The quantitative estimate of drug-likeness (QED) is 0.604. The summed E-state index contributed by atoms with van der Waals surface area (Å²) in [5.74, 6) is 1.02. The Balaban J connectivity index is 2.71. The molecule has 5 heteroatoms. The van der Waals surface area contributed by atoms with Crippen LogP contribution < -0.4 is 0 Å². The Labute approximate surface area is 89.3 Å². The van der Waals surface area contributed by atoms with Gasteiger partial charge in [-0.2, -0.15) is 5.10 Å². The molecule has 0 aliphatic heterocycles. The van der Waals surface area contributed by atoms with Crippen LogP contribution in [0.4, 0.5) is 0 Å². The van der Waals surface area contributed by atoms with Gasteiger partial charge in [0.2, 0.25) is 0 Å². The van der Waals surface area contributed by atoms with Crippen molar-refractivity contribution < 1.29 is 4.74 Å². The zero-order valence-corrected chi connectivity index (χ0v) is 9.73. The maximum absolute atomic E-state index is 5.14. The minimum Gasteiger partial charge on any atom is -0.385 e. The Bertz CT molecular complexity index is 329. The molecule has 0 unspecified atom stereocenters. The average molecular weight is 215 g/mol. The van der Waals surface area contributed by atoms with Crippen molar-refractivity contribution >= 4 is 12.2 Å². The van der Waals surface area contributed by atoms with E-state index in [0.29, 0.717) is 10.8 Å². The highest BCUT2D eigenvalue weighted by molar-refractivity contribution is 7.71. The Morgan fingerprint density at radius 1 is 1.57 bits per heavy atom. The van der Waals surface area contributed by atoms with Crippen molar-refractivity contribution in [2.75, 3.05) is 13.7 Å². The maximum atomic E-state index is 5.14. The molecule has 80 valence electrons. The summed E-state index contributed by atoms with van der Waals surface area (Å²) in [5.41, 5.74) is 0. The van der Waals surface area contributed by atoms with Gasteiger partial charge in [0, 0.05) is 26.2 Å². The van der Waals surface area contributed by atoms with E-state index in [1.165, 1.54) is 0 Å². The molecule has 1 aromatic heterocycles. The molecular weight excluding hydrogens is 198 g/mol. The molecule has 1 heterocycles. The molecule has 1 aromatic rings. The van der Waals surface area contributed by atoms with Crippen molar-refractivity contribution in [2.45, 2.75) is 32.7 Å². The van der Waals surface area contributed by atoms with Crippen LogP contribution in [0.3, 0.4) is 0 Å². The molecule has 0 saturated heterocycles. The molecule has 0 bridgehead atoms. The van der Waals surface area contributed by atoms with Crippen molar-refractivity contribution in [1.82, 2.24) is 14.8 Å². The number of hydrogen-bond donors (Lipinski definition) is 1. The highest BCUT2D eigenvalue weighted by atomic mass is 32.1. The number of nitrogens with zero attached hydrogens (tertiary/aromatic N) is 2. The van der Waals surface area contributed by atoms with Crippen LogP contribution in [0.1, 0.15) is 32.1 Å². The number of aromatic amines is 1. The fraction of sp³-hybridized carbons (Fsp3) is 0.778. The molecule has 4 nitrogen and oxygen atoms in total. The SMILES string of the molecule is COCCCc1n[nH]c(=S)n1C(C)C. The van der Waals surface area contributed by atoms with Crippen molar-refractivity contribution in [3.8, 4) is 0 Å². The van der Waals surface area contributed by atoms with Gasteiger partial charge in [-0.3, -0.25) is 5.10 Å². The minimum atomic E-state index is 0.360. The summed E-state index contributed by atoms with van der Waals surface area (Å²) in [7, 11) is 1.71. The zero-order valence-electron chi connectivity index (χ0n) is 8.91. The third-order valence-electron chi connectivity index (χ3n) is 2.04. The second-order valence-corrected chi connectivity index (χ2v) is 3.89. The summed E-state index contributed by atoms with van der Waals surface area (Å²) in [4.78, 5) is 0. The first-order valence-corrected chi connectivity index (χ1v) is 5.22. The molecule has 14 heavy (non-hydrogen) atoms. The van der Waals surface area contributed by atoms with E-state index in [0.717, 1.165) is 25.3 Å². The monoisotopic (exact) mass is 215 g/mol. The van der Waals surface area contributed by atoms with Crippen LogP contribution in [0, 0.1) is 4.77 Å². The smallest absolute Gasteiger partial charge is 0.195 e. The molecule has 0 aliphatic carbocycles. The Morgan fingerprint density at radius 3 is 2.86 bits per heavy atom. The predicted molar refractivity (Wildman–Crippen MR) is 58.0 cm³/mol. The maximum Gasteiger partial charge on any atom is 0.195 e. The number of rotatable bonds is 5. The average Bonchev–Trinajstić information content (AvgIpc) is 2.47. The number of H-pyrrole nitrogens is 1. The van der Waals surface area contributed by atoms with Crippen LogP contribution in [0.2, 0.25) is 0 Å². The van der Waals surface area contributed by atoms with E-state index >= 15 is 0 Å². The second kappa shape index (κ2) is 5.26. The van der Waals surface area contributed by atoms with Gasteiger partial charge in [-0.25, -0.2) is 0 Å². The van der Waals surface area contributed by atoms with Gasteiger partial charge in [0.1, 0.15) is 5.82 Å². The Hall–Kier alpha value is -0.680. The van der Waals surface area contributed by atoms with Gasteiger partial charge < -0.3 is 9.30 Å². The molecule has 0 spiro atoms. The topological polar surface area (TPSA) is 42.8 Å². The van der Waals surface area contributed by atoms with Crippen LogP contribution in [-0.2, 0) is 11.2 Å². The highest BCUT2D eigenvalue weighted by Crippen LogP contribution is 2.09. The number of aromatic nitrogens is 3. The fourth-order valence-corrected chi connectivity index (χ4v) is 1.78. The van der Waals surface area contributed by atoms with Gasteiger partial charge in [-0.05, 0) is 32.5 Å². The van der Waals surface area contributed by atoms with Crippen LogP contribution in [0.5, 0.6) is 0 Å². The molecule has 1 N–H and O–H groups in total.